The summed E-state index contributed by atoms with van der Waals surface area (Å²) in [6.07, 6.45) is 2.75. The van der Waals surface area contributed by atoms with Crippen LogP contribution in [0.5, 0.6) is 5.75 Å². The molecule has 2 N–H and O–H groups in total. The molecule has 0 saturated heterocycles. The van der Waals surface area contributed by atoms with Gasteiger partial charge >= 0.3 is 0 Å². The second-order valence-corrected chi connectivity index (χ2v) is 6.59. The van der Waals surface area contributed by atoms with E-state index in [-0.39, 0.29) is 12.5 Å². The van der Waals surface area contributed by atoms with E-state index in [1.54, 1.807) is 22.9 Å². The first-order valence-corrected chi connectivity index (χ1v) is 9.55. The van der Waals surface area contributed by atoms with Crippen LogP contribution in [0.15, 0.2) is 54.7 Å². The summed E-state index contributed by atoms with van der Waals surface area (Å²) in [5.74, 6) is 1.11. The van der Waals surface area contributed by atoms with Gasteiger partial charge in [-0.15, -0.1) is 5.10 Å². The number of aromatic amines is 1. The van der Waals surface area contributed by atoms with Gasteiger partial charge in [-0.3, -0.25) is 4.79 Å². The molecule has 0 unspecified atom stereocenters. The van der Waals surface area contributed by atoms with Crippen molar-refractivity contribution in [2.45, 2.75) is 26.5 Å². The van der Waals surface area contributed by atoms with Gasteiger partial charge in [0.2, 0.25) is 0 Å². The van der Waals surface area contributed by atoms with E-state index in [9.17, 15) is 4.79 Å². The maximum Gasteiger partial charge on any atom is 0.251 e. The molecule has 0 spiro atoms. The minimum absolute atomic E-state index is 0.131. The van der Waals surface area contributed by atoms with Crippen LogP contribution in [0.2, 0.25) is 0 Å². The Morgan fingerprint density at radius 3 is 3.00 bits per heavy atom. The number of amides is 1. The van der Waals surface area contributed by atoms with Crippen LogP contribution in [0.1, 0.15) is 28.7 Å². The highest BCUT2D eigenvalue weighted by Gasteiger charge is 2.09. The van der Waals surface area contributed by atoms with Crippen LogP contribution in [0.4, 0.5) is 0 Å². The number of rotatable bonds is 8. The molecule has 29 heavy (non-hydrogen) atoms. The van der Waals surface area contributed by atoms with Crippen LogP contribution in [-0.4, -0.2) is 37.6 Å². The summed E-state index contributed by atoms with van der Waals surface area (Å²) >= 11 is 0. The Labute approximate surface area is 167 Å². The predicted molar refractivity (Wildman–Crippen MR) is 109 cm³/mol. The monoisotopic (exact) mass is 390 g/mol. The van der Waals surface area contributed by atoms with Crippen molar-refractivity contribution in [3.8, 4) is 5.75 Å². The molecule has 0 atom stereocenters. The molecule has 8 nitrogen and oxygen atoms in total. The van der Waals surface area contributed by atoms with Gasteiger partial charge in [-0.25, -0.2) is 4.68 Å². The molecular weight excluding hydrogens is 368 g/mol. The van der Waals surface area contributed by atoms with Gasteiger partial charge in [0, 0.05) is 35.8 Å². The highest BCUT2D eigenvalue weighted by molar-refractivity contribution is 5.94. The van der Waals surface area contributed by atoms with Crippen molar-refractivity contribution in [2.24, 2.45) is 0 Å². The number of hydrogen-bond acceptors (Lipinski definition) is 5. The summed E-state index contributed by atoms with van der Waals surface area (Å²) in [5, 5.41) is 15.6. The number of carbonyl (C=O) groups excluding carboxylic acids is 1. The first-order chi connectivity index (χ1) is 14.2. The van der Waals surface area contributed by atoms with Gasteiger partial charge in [0.25, 0.3) is 5.91 Å². The molecule has 0 fully saturated rings. The first kappa shape index (κ1) is 18.7. The average molecular weight is 390 g/mol. The molecule has 148 valence electrons. The fourth-order valence-corrected chi connectivity index (χ4v) is 3.20. The van der Waals surface area contributed by atoms with Crippen molar-refractivity contribution in [1.82, 2.24) is 30.5 Å². The maximum absolute atomic E-state index is 12.5. The van der Waals surface area contributed by atoms with E-state index in [1.807, 2.05) is 37.4 Å². The minimum Gasteiger partial charge on any atom is -0.486 e. The Hall–Kier alpha value is -3.68. The van der Waals surface area contributed by atoms with E-state index in [0.717, 1.165) is 11.9 Å². The molecule has 2 aromatic carbocycles. The summed E-state index contributed by atoms with van der Waals surface area (Å²) in [6, 6.07) is 15.2. The summed E-state index contributed by atoms with van der Waals surface area (Å²) in [6.45, 7) is 3.43. The van der Waals surface area contributed by atoms with Gasteiger partial charge in [0.1, 0.15) is 12.4 Å². The van der Waals surface area contributed by atoms with Crippen LogP contribution in [-0.2, 0) is 19.6 Å². The molecule has 2 heterocycles. The summed E-state index contributed by atoms with van der Waals surface area (Å²) in [7, 11) is 0. The third-order valence-corrected chi connectivity index (χ3v) is 4.72. The molecular formula is C21H22N6O2. The minimum atomic E-state index is -0.131. The number of ether oxygens (including phenoxy) is 1. The van der Waals surface area contributed by atoms with Crippen molar-refractivity contribution >= 4 is 16.8 Å². The summed E-state index contributed by atoms with van der Waals surface area (Å²) in [5.41, 5.74) is 2.84. The number of aryl methyl sites for hydroxylation is 1. The van der Waals surface area contributed by atoms with E-state index in [0.29, 0.717) is 30.2 Å². The quantitative estimate of drug-likeness (QED) is 0.482. The van der Waals surface area contributed by atoms with Crippen LogP contribution < -0.4 is 10.1 Å². The van der Waals surface area contributed by atoms with Crippen molar-refractivity contribution in [2.75, 3.05) is 6.54 Å². The number of benzene rings is 2. The Kier molecular flexibility index (Phi) is 5.51. The van der Waals surface area contributed by atoms with Gasteiger partial charge in [-0.1, -0.05) is 24.3 Å². The second kappa shape index (κ2) is 8.55. The van der Waals surface area contributed by atoms with Crippen molar-refractivity contribution < 1.29 is 9.53 Å². The van der Waals surface area contributed by atoms with Crippen LogP contribution in [0.3, 0.4) is 0 Å². The lowest BCUT2D eigenvalue weighted by molar-refractivity contribution is 0.0953. The zero-order valence-corrected chi connectivity index (χ0v) is 16.1. The standard InChI is InChI=1S/C21H22N6O2/c1-2-27-20(24-25-26-27)14-29-17-7-5-6-15(12-17)21(28)22-11-10-16-13-23-19-9-4-3-8-18(16)19/h3-9,12-13,23H,2,10-11,14H2,1H3,(H,22,28). The SMILES string of the molecule is CCn1nnnc1COc1cccc(C(=O)NCCc2c[nH]c3ccccc23)c1. The van der Waals surface area contributed by atoms with Crippen LogP contribution in [0.25, 0.3) is 10.9 Å². The van der Waals surface area contributed by atoms with Gasteiger partial charge < -0.3 is 15.0 Å². The molecule has 8 heteroatoms. The van der Waals surface area contributed by atoms with Gasteiger partial charge in [0.05, 0.1) is 0 Å². The van der Waals surface area contributed by atoms with Gasteiger partial charge in [-0.2, -0.15) is 0 Å². The molecule has 0 aliphatic rings. The molecule has 0 saturated carbocycles. The molecule has 4 aromatic rings. The van der Waals surface area contributed by atoms with Crippen molar-refractivity contribution in [1.29, 1.82) is 0 Å². The number of fused-ring (bicyclic) bond motifs is 1. The highest BCUT2D eigenvalue weighted by atomic mass is 16.5. The normalized spacial score (nSPS) is 10.9. The lowest BCUT2D eigenvalue weighted by atomic mass is 10.1. The molecule has 0 aliphatic heterocycles. The number of H-pyrrole nitrogens is 1. The largest absolute Gasteiger partial charge is 0.486 e. The molecule has 0 radical (unpaired) electrons. The number of hydrogen-bond donors (Lipinski definition) is 2. The molecule has 1 amide bonds. The number of nitrogens with zero attached hydrogens (tertiary/aromatic N) is 4. The first-order valence-electron chi connectivity index (χ1n) is 9.55. The lowest BCUT2D eigenvalue weighted by Gasteiger charge is -2.08. The second-order valence-electron chi connectivity index (χ2n) is 6.59. The van der Waals surface area contributed by atoms with Crippen molar-refractivity contribution in [3.63, 3.8) is 0 Å². The van der Waals surface area contributed by atoms with E-state index >= 15 is 0 Å². The smallest absolute Gasteiger partial charge is 0.251 e. The number of para-hydroxylation sites is 1. The Balaban J connectivity index is 1.33. The third kappa shape index (κ3) is 4.26. The van der Waals surface area contributed by atoms with Crippen LogP contribution >= 0.6 is 0 Å². The van der Waals surface area contributed by atoms with Crippen LogP contribution in [0, 0.1) is 0 Å². The molecule has 0 bridgehead atoms. The lowest BCUT2D eigenvalue weighted by Crippen LogP contribution is -2.25. The molecule has 4 rings (SSSR count). The predicted octanol–water partition coefficient (Wildman–Crippen LogP) is 2.73. The Morgan fingerprint density at radius 2 is 2.10 bits per heavy atom. The number of carbonyl (C=O) groups is 1. The fourth-order valence-electron chi connectivity index (χ4n) is 3.20. The van der Waals surface area contributed by atoms with Gasteiger partial charge in [0.15, 0.2) is 5.82 Å². The zero-order valence-electron chi connectivity index (χ0n) is 16.1. The summed E-state index contributed by atoms with van der Waals surface area (Å²) < 4.78 is 7.42. The number of tetrazole rings is 1. The topological polar surface area (TPSA) is 97.7 Å². The molecule has 2 aromatic heterocycles. The zero-order chi connectivity index (χ0) is 20.1. The maximum atomic E-state index is 12.5. The summed E-state index contributed by atoms with van der Waals surface area (Å²) in [4.78, 5) is 15.8. The van der Waals surface area contributed by atoms with E-state index in [4.69, 9.17) is 4.74 Å². The van der Waals surface area contributed by atoms with E-state index in [2.05, 4.69) is 31.9 Å². The Bertz CT molecular complexity index is 1120. The number of aromatic nitrogens is 5. The molecule has 0 aliphatic carbocycles. The van der Waals surface area contributed by atoms with Gasteiger partial charge in [-0.05, 0) is 53.6 Å². The highest BCUT2D eigenvalue weighted by Crippen LogP contribution is 2.18. The van der Waals surface area contributed by atoms with E-state index in [1.165, 1.54) is 10.9 Å². The fraction of sp³-hybridized carbons (Fsp3) is 0.238. The van der Waals surface area contributed by atoms with Crippen molar-refractivity contribution in [3.05, 3.63) is 71.7 Å². The number of nitrogens with one attached hydrogen (secondary N) is 2. The van der Waals surface area contributed by atoms with E-state index < -0.39 is 0 Å². The Morgan fingerprint density at radius 1 is 1.21 bits per heavy atom. The third-order valence-electron chi connectivity index (χ3n) is 4.72. The average Bonchev–Trinajstić information content (AvgIpc) is 3.39.